The number of fused-ring (bicyclic) bond motifs is 5. The van der Waals surface area contributed by atoms with Crippen molar-refractivity contribution >= 4 is 85.6 Å². The van der Waals surface area contributed by atoms with Crippen molar-refractivity contribution in [2.45, 2.75) is 25.9 Å². The van der Waals surface area contributed by atoms with Crippen molar-refractivity contribution in [3.05, 3.63) is 27.1 Å². The van der Waals surface area contributed by atoms with Crippen LogP contribution in [-0.4, -0.2) is 74.0 Å². The summed E-state index contributed by atoms with van der Waals surface area (Å²) in [5.41, 5.74) is 2.23. The lowest BCUT2D eigenvalue weighted by Crippen LogP contribution is -2.64. The second-order valence-corrected chi connectivity index (χ2v) is 10.7. The van der Waals surface area contributed by atoms with Gasteiger partial charge in [0, 0.05) is 60.5 Å². The molecule has 0 saturated carbocycles. The first-order valence-corrected chi connectivity index (χ1v) is 12.0. The van der Waals surface area contributed by atoms with E-state index in [-0.39, 0.29) is 23.6 Å². The monoisotopic (exact) mass is 656 g/mol. The minimum absolute atomic E-state index is 0.0306. The number of pyridine rings is 2. The summed E-state index contributed by atoms with van der Waals surface area (Å²) >= 11 is 10.7. The molecule has 0 radical (unpaired) electrons. The Kier molecular flexibility index (Phi) is 6.25. The molecule has 1 saturated heterocycles. The molecule has 162 valence electrons. The van der Waals surface area contributed by atoms with Gasteiger partial charge >= 0.3 is 0 Å². The molecule has 2 atom stereocenters. The van der Waals surface area contributed by atoms with Crippen LogP contribution < -0.4 is 15.4 Å². The molecule has 30 heavy (non-hydrogen) atoms. The number of halogens is 3. The Hall–Kier alpha value is -0.700. The lowest BCUT2D eigenvalue weighted by atomic mass is 10.0. The van der Waals surface area contributed by atoms with E-state index in [0.717, 1.165) is 11.1 Å². The first kappa shape index (κ1) is 22.5. The van der Waals surface area contributed by atoms with E-state index in [1.807, 2.05) is 54.8 Å². The lowest BCUT2D eigenvalue weighted by Gasteiger charge is -2.49. The Labute approximate surface area is 208 Å². The summed E-state index contributed by atoms with van der Waals surface area (Å²) < 4.78 is 3.67. The van der Waals surface area contributed by atoms with Crippen LogP contribution in [0.1, 0.15) is 12.6 Å². The Bertz CT molecular complexity index is 1090. The van der Waals surface area contributed by atoms with Crippen LogP contribution in [0.5, 0.6) is 0 Å². The molecule has 0 bridgehead atoms. The fourth-order valence-corrected chi connectivity index (χ4v) is 5.36. The van der Waals surface area contributed by atoms with Gasteiger partial charge in [0.05, 0.1) is 39.3 Å². The minimum Gasteiger partial charge on any atom is -0.354 e. The van der Waals surface area contributed by atoms with Crippen molar-refractivity contribution in [2.24, 2.45) is 0 Å². The molecule has 1 amide bonds. The number of aryl methyl sites for hydroxylation is 1. The SMILES string of the molecule is Cc1nc2c(cc1Cl)c1c(c(=O)n2I)N(CCN(C)C)C(=O)C2CN(I)C(C)CN12. The van der Waals surface area contributed by atoms with Gasteiger partial charge in [-0.2, -0.15) is 0 Å². The Morgan fingerprint density at radius 1 is 1.23 bits per heavy atom. The molecule has 0 aromatic carbocycles. The summed E-state index contributed by atoms with van der Waals surface area (Å²) in [6.45, 7) is 6.31. The summed E-state index contributed by atoms with van der Waals surface area (Å²) in [5.74, 6) is -0.0306. The molecule has 2 aliphatic rings. The summed E-state index contributed by atoms with van der Waals surface area (Å²) in [4.78, 5) is 37.4. The first-order valence-electron chi connectivity index (χ1n) is 9.69. The molecule has 2 aliphatic heterocycles. The highest BCUT2D eigenvalue weighted by atomic mass is 127. The van der Waals surface area contributed by atoms with E-state index in [9.17, 15) is 9.59 Å². The number of anilines is 2. The maximum absolute atomic E-state index is 13.6. The van der Waals surface area contributed by atoms with Gasteiger partial charge in [0.15, 0.2) is 5.65 Å². The number of likely N-dealkylation sites (N-methyl/N-ethyl adjacent to an activating group) is 1. The lowest BCUT2D eigenvalue weighted by molar-refractivity contribution is -0.120. The Balaban J connectivity index is 2.03. The highest BCUT2D eigenvalue weighted by molar-refractivity contribution is 14.1. The standard InChI is InChI=1S/C19H23ClI2N6O2/c1-10-8-26-14(9-27(10)21)18(29)25(6-5-24(3)4)16-15(26)12-7-13(20)11(2)23-17(12)28(22)19(16)30/h7,10,14H,5-6,8-9H2,1-4H3. The van der Waals surface area contributed by atoms with Crippen LogP contribution in [0, 0.1) is 6.92 Å². The number of carbonyl (C=O) groups excluding carboxylic acids is 1. The number of rotatable bonds is 3. The third-order valence-corrected chi connectivity index (χ3v) is 8.34. The third-order valence-electron chi connectivity index (χ3n) is 5.72. The first-order chi connectivity index (χ1) is 14.1. The quantitative estimate of drug-likeness (QED) is 0.374. The van der Waals surface area contributed by atoms with E-state index in [2.05, 4.69) is 42.8 Å². The Morgan fingerprint density at radius 2 is 1.93 bits per heavy atom. The Morgan fingerprint density at radius 3 is 2.60 bits per heavy atom. The molecular weight excluding hydrogens is 634 g/mol. The summed E-state index contributed by atoms with van der Waals surface area (Å²) in [5, 5.41) is 1.35. The average Bonchev–Trinajstić information content (AvgIpc) is 2.68. The van der Waals surface area contributed by atoms with E-state index in [1.165, 1.54) is 2.78 Å². The van der Waals surface area contributed by atoms with Crippen molar-refractivity contribution in [1.82, 2.24) is 15.8 Å². The van der Waals surface area contributed by atoms with Gasteiger partial charge in [0.25, 0.3) is 11.5 Å². The molecule has 4 rings (SSSR count). The van der Waals surface area contributed by atoms with Gasteiger partial charge in [-0.3, -0.25) is 9.59 Å². The summed E-state index contributed by atoms with van der Waals surface area (Å²) in [7, 11) is 3.92. The van der Waals surface area contributed by atoms with E-state index >= 15 is 0 Å². The van der Waals surface area contributed by atoms with E-state index in [1.54, 1.807) is 4.90 Å². The number of hydrogen-bond acceptors (Lipinski definition) is 6. The number of hydrogen-bond donors (Lipinski definition) is 0. The van der Waals surface area contributed by atoms with Crippen LogP contribution in [-0.2, 0) is 4.79 Å². The number of aromatic nitrogens is 2. The van der Waals surface area contributed by atoms with Crippen LogP contribution in [0.4, 0.5) is 11.4 Å². The van der Waals surface area contributed by atoms with Gasteiger partial charge in [-0.25, -0.2) is 10.9 Å². The zero-order chi connectivity index (χ0) is 21.9. The summed E-state index contributed by atoms with van der Waals surface area (Å²) in [6.07, 6.45) is 0. The average molecular weight is 657 g/mol. The normalized spacial score (nSPS) is 22.1. The predicted octanol–water partition coefficient (Wildman–Crippen LogP) is 2.69. The molecule has 0 N–H and O–H groups in total. The van der Waals surface area contributed by atoms with Gasteiger partial charge < -0.3 is 14.7 Å². The van der Waals surface area contributed by atoms with E-state index in [4.69, 9.17) is 11.6 Å². The molecule has 2 aromatic heterocycles. The van der Waals surface area contributed by atoms with Gasteiger partial charge in [-0.15, -0.1) is 0 Å². The second-order valence-electron chi connectivity index (χ2n) is 8.10. The van der Waals surface area contributed by atoms with Gasteiger partial charge in [0.1, 0.15) is 11.7 Å². The maximum atomic E-state index is 13.6. The smallest absolute Gasteiger partial charge is 0.287 e. The van der Waals surface area contributed by atoms with Crippen LogP contribution in [0.15, 0.2) is 10.9 Å². The molecule has 1 fully saturated rings. The molecule has 0 aliphatic carbocycles. The van der Waals surface area contributed by atoms with Gasteiger partial charge in [-0.1, -0.05) is 11.6 Å². The third kappa shape index (κ3) is 3.61. The van der Waals surface area contributed by atoms with Crippen molar-refractivity contribution in [2.75, 3.05) is 50.1 Å². The van der Waals surface area contributed by atoms with Crippen molar-refractivity contribution in [3.63, 3.8) is 0 Å². The predicted molar refractivity (Wildman–Crippen MR) is 137 cm³/mol. The van der Waals surface area contributed by atoms with Crippen LogP contribution in [0.25, 0.3) is 11.0 Å². The number of nitrogens with zero attached hydrogens (tertiary/aromatic N) is 6. The molecule has 8 nitrogen and oxygen atoms in total. The van der Waals surface area contributed by atoms with Crippen LogP contribution >= 0.6 is 57.3 Å². The molecule has 4 heterocycles. The zero-order valence-electron chi connectivity index (χ0n) is 17.2. The van der Waals surface area contributed by atoms with Crippen molar-refractivity contribution in [1.29, 1.82) is 0 Å². The zero-order valence-corrected chi connectivity index (χ0v) is 22.3. The molecule has 2 unspecified atom stereocenters. The van der Waals surface area contributed by atoms with Crippen molar-refractivity contribution in [3.8, 4) is 0 Å². The maximum Gasteiger partial charge on any atom is 0.287 e. The van der Waals surface area contributed by atoms with Gasteiger partial charge in [0.2, 0.25) is 0 Å². The van der Waals surface area contributed by atoms with Crippen LogP contribution in [0.2, 0.25) is 5.02 Å². The van der Waals surface area contributed by atoms with Crippen molar-refractivity contribution < 1.29 is 4.79 Å². The van der Waals surface area contributed by atoms with E-state index < -0.39 is 0 Å². The minimum atomic E-state index is -0.347. The number of piperazine rings is 1. The second kappa shape index (κ2) is 8.34. The fourth-order valence-electron chi connectivity index (χ4n) is 4.06. The number of carbonyl (C=O) groups is 1. The van der Waals surface area contributed by atoms with Gasteiger partial charge in [-0.05, 0) is 34.0 Å². The highest BCUT2D eigenvalue weighted by Crippen LogP contribution is 2.42. The highest BCUT2D eigenvalue weighted by Gasteiger charge is 2.45. The summed E-state index contributed by atoms with van der Waals surface area (Å²) in [6, 6.07) is 1.77. The van der Waals surface area contributed by atoms with Crippen LogP contribution in [0.3, 0.4) is 0 Å². The molecular formula is C19H23ClI2N6O2. The topological polar surface area (TPSA) is 64.9 Å². The largest absolute Gasteiger partial charge is 0.354 e. The van der Waals surface area contributed by atoms with E-state index in [0.29, 0.717) is 48.2 Å². The molecule has 11 heteroatoms. The number of amides is 1. The molecule has 0 spiro atoms. The molecule has 2 aromatic rings. The fraction of sp³-hybridized carbons (Fsp3) is 0.526.